The van der Waals surface area contributed by atoms with Crippen molar-refractivity contribution < 1.29 is 4.42 Å². The minimum absolute atomic E-state index is 0.632. The topological polar surface area (TPSA) is 28.4 Å². The second-order valence-corrected chi connectivity index (χ2v) is 7.75. The lowest BCUT2D eigenvalue weighted by atomic mass is 10.2. The maximum absolute atomic E-state index is 6.07. The molecule has 1 saturated heterocycles. The molecule has 20 heavy (non-hydrogen) atoms. The molecular weight excluding hydrogens is 268 g/mol. The number of thioether (sulfide) groups is 1. The molecule has 0 aromatic carbocycles. The zero-order valence-corrected chi connectivity index (χ0v) is 13.6. The standard InChI is InChI=1S/C16H26N2OS/c1-11-8-15(19-16(11)9-17-14-4-5-14)10-18-6-7-20-13(3)12(18)2/h8,12-14,17H,4-7,9-10H2,1-3H3. The molecule has 1 aliphatic carbocycles. The van der Waals surface area contributed by atoms with Gasteiger partial charge in [0.15, 0.2) is 0 Å². The Balaban J connectivity index is 1.60. The molecule has 1 aromatic rings. The highest BCUT2D eigenvalue weighted by Gasteiger charge is 2.26. The molecule has 0 amide bonds. The normalized spacial score (nSPS) is 27.9. The number of hydrogen-bond acceptors (Lipinski definition) is 4. The number of rotatable bonds is 5. The van der Waals surface area contributed by atoms with Crippen molar-refractivity contribution in [1.82, 2.24) is 10.2 Å². The van der Waals surface area contributed by atoms with Crippen LogP contribution in [0.15, 0.2) is 10.5 Å². The van der Waals surface area contributed by atoms with Gasteiger partial charge in [-0.1, -0.05) is 6.92 Å². The summed E-state index contributed by atoms with van der Waals surface area (Å²) in [5, 5.41) is 4.25. The maximum atomic E-state index is 6.07. The Hall–Kier alpha value is -0.450. The monoisotopic (exact) mass is 294 g/mol. The number of hydrogen-bond donors (Lipinski definition) is 1. The third kappa shape index (κ3) is 3.41. The number of nitrogens with zero attached hydrogens (tertiary/aromatic N) is 1. The van der Waals surface area contributed by atoms with Crippen molar-refractivity contribution in [3.63, 3.8) is 0 Å². The summed E-state index contributed by atoms with van der Waals surface area (Å²) < 4.78 is 6.07. The molecule has 2 heterocycles. The van der Waals surface area contributed by atoms with Crippen molar-refractivity contribution >= 4 is 11.8 Å². The fourth-order valence-electron chi connectivity index (χ4n) is 2.79. The van der Waals surface area contributed by atoms with E-state index in [-0.39, 0.29) is 0 Å². The molecule has 0 spiro atoms. The van der Waals surface area contributed by atoms with E-state index in [1.54, 1.807) is 0 Å². The summed E-state index contributed by atoms with van der Waals surface area (Å²) >= 11 is 2.08. The molecule has 112 valence electrons. The van der Waals surface area contributed by atoms with E-state index in [1.165, 1.54) is 30.7 Å². The lowest BCUT2D eigenvalue weighted by Crippen LogP contribution is -2.43. The SMILES string of the molecule is Cc1cc(CN2CCSC(C)C2C)oc1CNC1CC1. The zero-order valence-electron chi connectivity index (χ0n) is 12.8. The zero-order chi connectivity index (χ0) is 14.1. The molecule has 0 radical (unpaired) electrons. The summed E-state index contributed by atoms with van der Waals surface area (Å²) in [6.45, 7) is 9.84. The lowest BCUT2D eigenvalue weighted by Gasteiger charge is -2.36. The predicted molar refractivity (Wildman–Crippen MR) is 85.1 cm³/mol. The summed E-state index contributed by atoms with van der Waals surface area (Å²) in [5.41, 5.74) is 1.29. The van der Waals surface area contributed by atoms with Crippen molar-refractivity contribution in [2.45, 2.75) is 64.0 Å². The molecule has 3 rings (SSSR count). The minimum atomic E-state index is 0.632. The van der Waals surface area contributed by atoms with Gasteiger partial charge >= 0.3 is 0 Å². The average Bonchev–Trinajstić information content (AvgIpc) is 3.18. The average molecular weight is 294 g/mol. The summed E-state index contributed by atoms with van der Waals surface area (Å²) in [5.74, 6) is 3.49. The second kappa shape index (κ2) is 6.12. The molecule has 0 bridgehead atoms. The summed E-state index contributed by atoms with van der Waals surface area (Å²) in [7, 11) is 0. The van der Waals surface area contributed by atoms with Gasteiger partial charge in [-0.25, -0.2) is 0 Å². The van der Waals surface area contributed by atoms with Gasteiger partial charge in [0.2, 0.25) is 0 Å². The second-order valence-electron chi connectivity index (χ2n) is 6.26. The van der Waals surface area contributed by atoms with Gasteiger partial charge in [0.25, 0.3) is 0 Å². The Kier molecular flexibility index (Phi) is 4.43. The van der Waals surface area contributed by atoms with Crippen LogP contribution in [0.3, 0.4) is 0 Å². The Labute approximate surface area is 126 Å². The van der Waals surface area contributed by atoms with Gasteiger partial charge in [0, 0.05) is 29.6 Å². The van der Waals surface area contributed by atoms with Gasteiger partial charge < -0.3 is 9.73 Å². The third-order valence-electron chi connectivity index (χ3n) is 4.57. The number of furan rings is 1. The van der Waals surface area contributed by atoms with Crippen LogP contribution in [0.4, 0.5) is 0 Å². The molecule has 2 atom stereocenters. The van der Waals surface area contributed by atoms with E-state index in [1.807, 2.05) is 0 Å². The van der Waals surface area contributed by atoms with E-state index in [2.05, 4.69) is 48.8 Å². The van der Waals surface area contributed by atoms with Crippen LogP contribution in [0.5, 0.6) is 0 Å². The summed E-state index contributed by atoms with van der Waals surface area (Å²) in [6, 6.07) is 3.60. The van der Waals surface area contributed by atoms with Gasteiger partial charge in [-0.2, -0.15) is 11.8 Å². The Morgan fingerprint density at radius 2 is 2.20 bits per heavy atom. The van der Waals surface area contributed by atoms with Crippen LogP contribution in [0.2, 0.25) is 0 Å². The molecular formula is C16H26N2OS. The third-order valence-corrected chi connectivity index (χ3v) is 5.91. The van der Waals surface area contributed by atoms with E-state index >= 15 is 0 Å². The minimum Gasteiger partial charge on any atom is -0.463 e. The Morgan fingerprint density at radius 3 is 2.95 bits per heavy atom. The van der Waals surface area contributed by atoms with E-state index in [4.69, 9.17) is 4.42 Å². The van der Waals surface area contributed by atoms with Crippen LogP contribution in [0, 0.1) is 6.92 Å². The fourth-order valence-corrected chi connectivity index (χ4v) is 3.95. The molecule has 1 aliphatic heterocycles. The first-order chi connectivity index (χ1) is 9.63. The highest BCUT2D eigenvalue weighted by Crippen LogP contribution is 2.27. The van der Waals surface area contributed by atoms with Crippen LogP contribution in [0.1, 0.15) is 43.8 Å². The first-order valence-electron chi connectivity index (χ1n) is 7.80. The summed E-state index contributed by atoms with van der Waals surface area (Å²) in [4.78, 5) is 2.55. The first kappa shape index (κ1) is 14.5. The highest BCUT2D eigenvalue weighted by molar-refractivity contribution is 8.00. The van der Waals surface area contributed by atoms with Crippen LogP contribution < -0.4 is 5.32 Å². The van der Waals surface area contributed by atoms with Crippen LogP contribution in [-0.2, 0) is 13.1 Å². The molecule has 3 nitrogen and oxygen atoms in total. The van der Waals surface area contributed by atoms with Crippen molar-refractivity contribution in [2.24, 2.45) is 0 Å². The maximum Gasteiger partial charge on any atom is 0.120 e. The quantitative estimate of drug-likeness (QED) is 0.903. The van der Waals surface area contributed by atoms with E-state index < -0.39 is 0 Å². The van der Waals surface area contributed by atoms with E-state index in [0.717, 1.165) is 35.9 Å². The predicted octanol–water partition coefficient (Wildman–Crippen LogP) is 3.17. The molecule has 2 aliphatic rings. The molecule has 1 aromatic heterocycles. The van der Waals surface area contributed by atoms with Gasteiger partial charge in [-0.15, -0.1) is 0 Å². The number of nitrogens with one attached hydrogen (secondary N) is 1. The molecule has 2 unspecified atom stereocenters. The largest absolute Gasteiger partial charge is 0.463 e. The van der Waals surface area contributed by atoms with Crippen LogP contribution >= 0.6 is 11.8 Å². The van der Waals surface area contributed by atoms with Gasteiger partial charge in [0.05, 0.1) is 13.1 Å². The molecule has 2 fully saturated rings. The van der Waals surface area contributed by atoms with Gasteiger partial charge in [-0.3, -0.25) is 4.90 Å². The van der Waals surface area contributed by atoms with E-state index in [9.17, 15) is 0 Å². The van der Waals surface area contributed by atoms with Crippen molar-refractivity contribution in [3.8, 4) is 0 Å². The van der Waals surface area contributed by atoms with Crippen molar-refractivity contribution in [2.75, 3.05) is 12.3 Å². The number of aryl methyl sites for hydroxylation is 1. The molecule has 4 heteroatoms. The Bertz CT molecular complexity index is 455. The fraction of sp³-hybridized carbons (Fsp3) is 0.750. The lowest BCUT2D eigenvalue weighted by molar-refractivity contribution is 0.187. The molecule has 1 N–H and O–H groups in total. The van der Waals surface area contributed by atoms with E-state index in [0.29, 0.717) is 6.04 Å². The highest BCUT2D eigenvalue weighted by atomic mass is 32.2. The summed E-state index contributed by atoms with van der Waals surface area (Å²) in [6.07, 6.45) is 2.65. The van der Waals surface area contributed by atoms with Gasteiger partial charge in [-0.05, 0) is 38.3 Å². The van der Waals surface area contributed by atoms with Gasteiger partial charge in [0.1, 0.15) is 11.5 Å². The van der Waals surface area contributed by atoms with Crippen molar-refractivity contribution in [3.05, 3.63) is 23.2 Å². The first-order valence-corrected chi connectivity index (χ1v) is 8.85. The van der Waals surface area contributed by atoms with Crippen molar-refractivity contribution in [1.29, 1.82) is 0 Å². The van der Waals surface area contributed by atoms with Crippen LogP contribution in [-0.4, -0.2) is 34.5 Å². The van der Waals surface area contributed by atoms with Crippen LogP contribution in [0.25, 0.3) is 0 Å². The Morgan fingerprint density at radius 1 is 1.40 bits per heavy atom. The molecule has 1 saturated carbocycles. The smallest absolute Gasteiger partial charge is 0.120 e.